The van der Waals surface area contributed by atoms with Gasteiger partial charge in [0, 0.05) is 11.8 Å². The van der Waals surface area contributed by atoms with Crippen LogP contribution in [0.2, 0.25) is 0 Å². The van der Waals surface area contributed by atoms with E-state index in [1.807, 2.05) is 22.6 Å². The number of nitro benzene ring substituents is 1. The molecule has 2 N–H and O–H groups in total. The van der Waals surface area contributed by atoms with Crippen LogP contribution in [0.4, 0.5) is 24.5 Å². The van der Waals surface area contributed by atoms with Crippen molar-refractivity contribution < 1.29 is 37.5 Å². The topological polar surface area (TPSA) is 135 Å². The number of nitrogens with zero attached hydrogens (tertiary/aromatic N) is 2. The van der Waals surface area contributed by atoms with Gasteiger partial charge in [0.25, 0.3) is 5.91 Å². The van der Waals surface area contributed by atoms with Crippen LogP contribution in [0.3, 0.4) is 0 Å². The summed E-state index contributed by atoms with van der Waals surface area (Å²) in [6, 6.07) is 12.1. The second-order valence-electron chi connectivity index (χ2n) is 7.24. The Kier molecular flexibility index (Phi) is 8.23. The van der Waals surface area contributed by atoms with Crippen LogP contribution < -0.4 is 14.8 Å². The Balaban J connectivity index is 1.94. The van der Waals surface area contributed by atoms with Gasteiger partial charge in [0.2, 0.25) is 5.75 Å². The number of phenols is 1. The van der Waals surface area contributed by atoms with Crippen molar-refractivity contribution in [2.75, 3.05) is 12.4 Å². The number of halogens is 4. The fraction of sp³-hybridized carbons (Fsp3) is 0.0833. The predicted octanol–water partition coefficient (Wildman–Crippen LogP) is 6.27. The quantitative estimate of drug-likeness (QED) is 0.0790. The Hall–Kier alpha value is -4.32. The van der Waals surface area contributed by atoms with Gasteiger partial charge in [0.15, 0.2) is 11.5 Å². The SMILES string of the molecule is COc1cc(/C=C(\C#N)C(=O)Nc2ccc(O)cc2)cc(I)c1Oc1ccc(C(F)(F)F)cc1[N+](=O)[O-]. The van der Waals surface area contributed by atoms with E-state index in [2.05, 4.69) is 5.32 Å². The van der Waals surface area contributed by atoms with Crippen molar-refractivity contribution in [3.05, 3.63) is 85.0 Å². The van der Waals surface area contributed by atoms with E-state index >= 15 is 0 Å². The van der Waals surface area contributed by atoms with E-state index in [1.54, 1.807) is 6.07 Å². The number of methoxy groups -OCH3 is 1. The van der Waals surface area contributed by atoms with E-state index in [9.17, 15) is 38.4 Å². The monoisotopic (exact) mass is 625 g/mol. The maximum Gasteiger partial charge on any atom is 0.416 e. The first-order chi connectivity index (χ1) is 17.4. The number of amides is 1. The number of alkyl halides is 3. The molecule has 0 aliphatic rings. The molecular weight excluding hydrogens is 610 g/mol. The van der Waals surface area contributed by atoms with Gasteiger partial charge in [-0.25, -0.2) is 0 Å². The minimum absolute atomic E-state index is 0.000320. The molecule has 0 saturated heterocycles. The van der Waals surface area contributed by atoms with Crippen LogP contribution in [-0.4, -0.2) is 23.0 Å². The highest BCUT2D eigenvalue weighted by atomic mass is 127. The first kappa shape index (κ1) is 27.3. The molecule has 0 spiro atoms. The largest absolute Gasteiger partial charge is 0.508 e. The zero-order valence-corrected chi connectivity index (χ0v) is 20.8. The van der Waals surface area contributed by atoms with E-state index in [0.717, 1.165) is 6.07 Å². The minimum Gasteiger partial charge on any atom is -0.508 e. The van der Waals surface area contributed by atoms with Gasteiger partial charge < -0.3 is 19.9 Å². The van der Waals surface area contributed by atoms with Gasteiger partial charge in [-0.15, -0.1) is 0 Å². The van der Waals surface area contributed by atoms with E-state index in [4.69, 9.17) is 9.47 Å². The van der Waals surface area contributed by atoms with E-state index in [1.165, 1.54) is 49.6 Å². The Morgan fingerprint density at radius 3 is 2.41 bits per heavy atom. The fourth-order valence-corrected chi connectivity index (χ4v) is 3.75. The van der Waals surface area contributed by atoms with Crippen LogP contribution in [0, 0.1) is 25.0 Å². The molecule has 0 aliphatic carbocycles. The molecule has 1 amide bonds. The molecule has 13 heteroatoms. The summed E-state index contributed by atoms with van der Waals surface area (Å²) in [5.74, 6) is -1.13. The van der Waals surface area contributed by atoms with E-state index in [0.29, 0.717) is 27.0 Å². The van der Waals surface area contributed by atoms with E-state index in [-0.39, 0.29) is 22.8 Å². The lowest BCUT2D eigenvalue weighted by Gasteiger charge is -2.14. The van der Waals surface area contributed by atoms with Crippen molar-refractivity contribution in [2.45, 2.75) is 6.18 Å². The molecule has 37 heavy (non-hydrogen) atoms. The van der Waals surface area contributed by atoms with Crippen molar-refractivity contribution in [1.29, 1.82) is 5.26 Å². The summed E-state index contributed by atoms with van der Waals surface area (Å²) in [5, 5.41) is 32.7. The van der Waals surface area contributed by atoms with Gasteiger partial charge in [-0.3, -0.25) is 14.9 Å². The number of rotatable bonds is 7. The summed E-state index contributed by atoms with van der Waals surface area (Å²) in [5.41, 5.74) is -1.68. The third kappa shape index (κ3) is 6.67. The molecule has 0 saturated carbocycles. The third-order valence-electron chi connectivity index (χ3n) is 4.75. The molecule has 0 atom stereocenters. The van der Waals surface area contributed by atoms with Gasteiger partial charge in [-0.1, -0.05) is 0 Å². The fourth-order valence-electron chi connectivity index (χ4n) is 3.01. The van der Waals surface area contributed by atoms with Crippen molar-refractivity contribution in [2.24, 2.45) is 0 Å². The lowest BCUT2D eigenvalue weighted by molar-refractivity contribution is -0.385. The molecule has 0 aromatic heterocycles. The molecule has 3 aromatic carbocycles. The number of ether oxygens (including phenoxy) is 2. The van der Waals surface area contributed by atoms with Gasteiger partial charge in [-0.05, 0) is 82.8 Å². The van der Waals surface area contributed by atoms with Gasteiger partial charge in [0.05, 0.1) is 21.2 Å². The zero-order chi connectivity index (χ0) is 27.3. The smallest absolute Gasteiger partial charge is 0.416 e. The minimum atomic E-state index is -4.78. The van der Waals surface area contributed by atoms with Gasteiger partial charge in [-0.2, -0.15) is 18.4 Å². The molecular formula is C24H15F3IN3O6. The van der Waals surface area contributed by atoms with Crippen LogP contribution in [0.5, 0.6) is 23.0 Å². The van der Waals surface area contributed by atoms with E-state index < -0.39 is 34.0 Å². The molecule has 0 aliphatic heterocycles. The van der Waals surface area contributed by atoms with Crippen molar-refractivity contribution >= 4 is 45.9 Å². The molecule has 3 rings (SSSR count). The third-order valence-corrected chi connectivity index (χ3v) is 5.55. The number of carbonyl (C=O) groups excluding carboxylic acids is 1. The number of hydrogen-bond acceptors (Lipinski definition) is 7. The number of nitro groups is 1. The standard InChI is InChI=1S/C24H15F3IN3O6/c1-36-21-10-13(8-14(12-29)23(33)30-16-3-5-17(32)6-4-16)9-18(28)22(21)37-20-7-2-15(24(25,26)27)11-19(20)31(34)35/h2-11,32H,1H3,(H,30,33)/b14-8+. The van der Waals surface area contributed by atoms with Crippen LogP contribution in [0.15, 0.2) is 60.2 Å². The second kappa shape index (κ2) is 11.2. The average Bonchev–Trinajstić information content (AvgIpc) is 2.84. The molecule has 3 aromatic rings. The summed E-state index contributed by atoms with van der Waals surface area (Å²) in [6.07, 6.45) is -3.51. The number of hydrogen-bond donors (Lipinski definition) is 2. The maximum absolute atomic E-state index is 13.0. The molecule has 0 fully saturated rings. The summed E-state index contributed by atoms with van der Waals surface area (Å²) in [7, 11) is 1.27. The van der Waals surface area contributed by atoms with Crippen LogP contribution in [0.1, 0.15) is 11.1 Å². The van der Waals surface area contributed by atoms with Crippen molar-refractivity contribution in [3.63, 3.8) is 0 Å². The molecule has 0 unspecified atom stereocenters. The lowest BCUT2D eigenvalue weighted by Crippen LogP contribution is -2.13. The van der Waals surface area contributed by atoms with Crippen LogP contribution >= 0.6 is 22.6 Å². The normalized spacial score (nSPS) is 11.4. The van der Waals surface area contributed by atoms with Gasteiger partial charge >= 0.3 is 11.9 Å². The van der Waals surface area contributed by atoms with Crippen molar-refractivity contribution in [1.82, 2.24) is 0 Å². The van der Waals surface area contributed by atoms with Crippen molar-refractivity contribution in [3.8, 4) is 29.1 Å². The molecule has 0 heterocycles. The summed E-state index contributed by atoms with van der Waals surface area (Å²) in [6.45, 7) is 0. The number of anilines is 1. The Bertz CT molecular complexity index is 1430. The van der Waals surface area contributed by atoms with Crippen LogP contribution in [-0.2, 0) is 11.0 Å². The number of benzene rings is 3. The Morgan fingerprint density at radius 2 is 1.84 bits per heavy atom. The second-order valence-corrected chi connectivity index (χ2v) is 8.41. The number of carbonyl (C=O) groups is 1. The summed E-state index contributed by atoms with van der Waals surface area (Å²) >= 11 is 1.82. The molecule has 0 bridgehead atoms. The molecule has 190 valence electrons. The highest BCUT2D eigenvalue weighted by molar-refractivity contribution is 14.1. The predicted molar refractivity (Wildman–Crippen MR) is 134 cm³/mol. The average molecular weight is 625 g/mol. The number of nitrogens with one attached hydrogen (secondary N) is 1. The maximum atomic E-state index is 13.0. The zero-order valence-electron chi connectivity index (χ0n) is 18.7. The highest BCUT2D eigenvalue weighted by Crippen LogP contribution is 2.42. The first-order valence-electron chi connectivity index (χ1n) is 10.1. The number of aromatic hydroxyl groups is 1. The number of nitriles is 1. The molecule has 9 nitrogen and oxygen atoms in total. The summed E-state index contributed by atoms with van der Waals surface area (Å²) in [4.78, 5) is 22.9. The van der Waals surface area contributed by atoms with Gasteiger partial charge in [0.1, 0.15) is 17.4 Å². The molecule has 0 radical (unpaired) electrons. The Labute approximate surface area is 221 Å². The summed E-state index contributed by atoms with van der Waals surface area (Å²) < 4.78 is 50.2. The first-order valence-corrected chi connectivity index (χ1v) is 11.1. The highest BCUT2D eigenvalue weighted by Gasteiger charge is 2.33. The Morgan fingerprint density at radius 1 is 1.16 bits per heavy atom. The number of phenolic OH excluding ortho intramolecular Hbond substituents is 1. The lowest BCUT2D eigenvalue weighted by atomic mass is 10.1. The van der Waals surface area contributed by atoms with Crippen LogP contribution in [0.25, 0.3) is 6.08 Å².